The molecule has 1 N–H and O–H groups in total. The number of rotatable bonds is 7. The van der Waals surface area contributed by atoms with Crippen LogP contribution >= 0.6 is 0 Å². The average molecular weight is 501 g/mol. The Bertz CT molecular complexity index is 1270. The first-order valence-electron chi connectivity index (χ1n) is 11.5. The van der Waals surface area contributed by atoms with Gasteiger partial charge in [0.2, 0.25) is 5.88 Å². The molecule has 1 atom stereocenters. The fraction of sp³-hybridized carbons (Fsp3) is 0.435. The molecule has 0 bridgehead atoms. The topological polar surface area (TPSA) is 119 Å². The first kappa shape index (κ1) is 23.8. The van der Waals surface area contributed by atoms with Gasteiger partial charge in [0.05, 0.1) is 31.0 Å². The maximum absolute atomic E-state index is 12.2. The third kappa shape index (κ3) is 5.36. The van der Waals surface area contributed by atoms with E-state index >= 15 is 0 Å². The highest BCUT2D eigenvalue weighted by Crippen LogP contribution is 2.29. The molecule has 0 saturated carbocycles. The van der Waals surface area contributed by atoms with Crippen molar-refractivity contribution in [1.29, 1.82) is 0 Å². The average Bonchev–Trinajstić information content (AvgIpc) is 2.92. The number of benzene rings is 1. The lowest BCUT2D eigenvalue weighted by Gasteiger charge is -2.31. The molecule has 11 nitrogen and oxygen atoms in total. The number of pyridine rings is 1. The molecule has 186 valence electrons. The SMILES string of the molecule is CNS(=O)(=O)N1CCOC(COc2nc(-c3ccc(N4CCOCC4)cc3)cc3nccnc23)C1. The van der Waals surface area contributed by atoms with Crippen molar-refractivity contribution < 1.29 is 22.6 Å². The Labute approximate surface area is 204 Å². The number of hydrogen-bond donors (Lipinski definition) is 1. The van der Waals surface area contributed by atoms with E-state index < -0.39 is 16.3 Å². The van der Waals surface area contributed by atoms with Crippen LogP contribution in [-0.4, -0.2) is 93.4 Å². The van der Waals surface area contributed by atoms with Crippen LogP contribution in [0.3, 0.4) is 0 Å². The minimum absolute atomic E-state index is 0.133. The van der Waals surface area contributed by atoms with Crippen LogP contribution in [-0.2, 0) is 19.7 Å². The molecule has 12 heteroatoms. The van der Waals surface area contributed by atoms with Gasteiger partial charge < -0.3 is 19.1 Å². The Kier molecular flexibility index (Phi) is 7.07. The molecular weight excluding hydrogens is 472 g/mol. The number of nitrogens with one attached hydrogen (secondary N) is 1. The van der Waals surface area contributed by atoms with Gasteiger partial charge in [0.1, 0.15) is 12.7 Å². The van der Waals surface area contributed by atoms with E-state index in [1.165, 1.54) is 11.4 Å². The number of nitrogens with zero attached hydrogens (tertiary/aromatic N) is 5. The third-order valence-electron chi connectivity index (χ3n) is 6.07. The van der Waals surface area contributed by atoms with Crippen molar-refractivity contribution in [3.63, 3.8) is 0 Å². The molecule has 1 unspecified atom stereocenters. The van der Waals surface area contributed by atoms with Gasteiger partial charge in [-0.1, -0.05) is 12.1 Å². The van der Waals surface area contributed by atoms with E-state index in [-0.39, 0.29) is 13.2 Å². The fourth-order valence-corrected chi connectivity index (χ4v) is 5.10. The standard InChI is InChI=1S/C23H28N6O5S/c1-24-35(30,31)29-10-13-33-19(15-29)16-34-23-22-21(25-6-7-26-22)14-20(27-23)17-2-4-18(5-3-17)28-8-11-32-12-9-28/h2-7,14,19,24H,8-13,15-16H2,1H3. The maximum Gasteiger partial charge on any atom is 0.279 e. The number of fused-ring (bicyclic) bond motifs is 1. The summed E-state index contributed by atoms with van der Waals surface area (Å²) in [6.45, 7) is 4.12. The summed E-state index contributed by atoms with van der Waals surface area (Å²) in [5.74, 6) is 0.333. The maximum atomic E-state index is 12.2. The largest absolute Gasteiger partial charge is 0.473 e. The van der Waals surface area contributed by atoms with Gasteiger partial charge in [-0.25, -0.2) is 14.7 Å². The lowest BCUT2D eigenvalue weighted by atomic mass is 10.1. The van der Waals surface area contributed by atoms with Crippen LogP contribution in [0.2, 0.25) is 0 Å². The highest BCUT2D eigenvalue weighted by Gasteiger charge is 2.29. The molecule has 0 radical (unpaired) electrons. The summed E-state index contributed by atoms with van der Waals surface area (Å²) < 4.78 is 45.2. The van der Waals surface area contributed by atoms with Crippen molar-refractivity contribution in [2.24, 2.45) is 0 Å². The lowest BCUT2D eigenvalue weighted by molar-refractivity contribution is -0.0256. The molecular formula is C23H28N6O5S. The van der Waals surface area contributed by atoms with Crippen LogP contribution in [0.4, 0.5) is 5.69 Å². The summed E-state index contributed by atoms with van der Waals surface area (Å²) in [6.07, 6.45) is 2.78. The predicted molar refractivity (Wildman–Crippen MR) is 131 cm³/mol. The molecule has 5 rings (SSSR count). The van der Waals surface area contributed by atoms with Gasteiger partial charge in [0.15, 0.2) is 5.52 Å². The van der Waals surface area contributed by atoms with E-state index in [1.807, 2.05) is 18.2 Å². The zero-order valence-electron chi connectivity index (χ0n) is 19.5. The first-order valence-corrected chi connectivity index (χ1v) is 13.0. The van der Waals surface area contributed by atoms with Crippen molar-refractivity contribution in [3.05, 3.63) is 42.7 Å². The van der Waals surface area contributed by atoms with Crippen molar-refractivity contribution in [1.82, 2.24) is 24.0 Å². The molecule has 3 aromatic rings. The number of hydrogen-bond acceptors (Lipinski definition) is 9. The van der Waals surface area contributed by atoms with Crippen LogP contribution in [0.1, 0.15) is 0 Å². The monoisotopic (exact) mass is 500 g/mol. The summed E-state index contributed by atoms with van der Waals surface area (Å²) in [5, 5.41) is 0. The van der Waals surface area contributed by atoms with Crippen molar-refractivity contribution >= 4 is 26.9 Å². The van der Waals surface area contributed by atoms with Gasteiger partial charge in [-0.15, -0.1) is 0 Å². The Hall–Kier alpha value is -2.90. The first-order chi connectivity index (χ1) is 17.0. The molecule has 1 aromatic carbocycles. The van der Waals surface area contributed by atoms with Crippen LogP contribution in [0.25, 0.3) is 22.3 Å². The number of ether oxygens (including phenoxy) is 3. The Morgan fingerprint density at radius 1 is 1.09 bits per heavy atom. The van der Waals surface area contributed by atoms with Gasteiger partial charge in [-0.3, -0.25) is 4.98 Å². The van der Waals surface area contributed by atoms with Crippen LogP contribution < -0.4 is 14.4 Å². The molecule has 35 heavy (non-hydrogen) atoms. The van der Waals surface area contributed by atoms with Gasteiger partial charge in [-0.05, 0) is 18.2 Å². The molecule has 0 amide bonds. The number of morpholine rings is 2. The van der Waals surface area contributed by atoms with Gasteiger partial charge in [-0.2, -0.15) is 12.7 Å². The number of aromatic nitrogens is 3. The summed E-state index contributed by atoms with van der Waals surface area (Å²) in [5.41, 5.74) is 3.99. The number of anilines is 1. The zero-order valence-corrected chi connectivity index (χ0v) is 20.3. The normalized spacial score (nSPS) is 19.7. The highest BCUT2D eigenvalue weighted by atomic mass is 32.2. The van der Waals surface area contributed by atoms with E-state index in [4.69, 9.17) is 19.2 Å². The second-order valence-electron chi connectivity index (χ2n) is 8.25. The molecule has 2 aliphatic rings. The zero-order chi connectivity index (χ0) is 24.3. The Balaban J connectivity index is 1.36. The second-order valence-corrected chi connectivity index (χ2v) is 10.1. The van der Waals surface area contributed by atoms with Gasteiger partial charge >= 0.3 is 0 Å². The van der Waals surface area contributed by atoms with Crippen molar-refractivity contribution in [2.45, 2.75) is 6.10 Å². The van der Waals surface area contributed by atoms with E-state index in [1.54, 1.807) is 12.4 Å². The van der Waals surface area contributed by atoms with E-state index in [9.17, 15) is 8.42 Å². The quantitative estimate of drug-likeness (QED) is 0.508. The van der Waals surface area contributed by atoms with Gasteiger partial charge in [0, 0.05) is 56.9 Å². The van der Waals surface area contributed by atoms with Gasteiger partial charge in [0.25, 0.3) is 10.2 Å². The molecule has 0 aliphatic carbocycles. The van der Waals surface area contributed by atoms with Crippen molar-refractivity contribution in [3.8, 4) is 17.1 Å². The lowest BCUT2D eigenvalue weighted by Crippen LogP contribution is -2.50. The fourth-order valence-electron chi connectivity index (χ4n) is 4.17. The van der Waals surface area contributed by atoms with Crippen LogP contribution in [0.5, 0.6) is 5.88 Å². The summed E-state index contributed by atoms with van der Waals surface area (Å²) >= 11 is 0. The minimum Gasteiger partial charge on any atom is -0.473 e. The Morgan fingerprint density at radius 3 is 2.63 bits per heavy atom. The molecule has 2 saturated heterocycles. The van der Waals surface area contributed by atoms with Crippen LogP contribution in [0.15, 0.2) is 42.7 Å². The molecule has 2 fully saturated rings. The summed E-state index contributed by atoms with van der Waals surface area (Å²) in [4.78, 5) is 15.9. The molecule has 0 spiro atoms. The van der Waals surface area contributed by atoms with Crippen molar-refractivity contribution in [2.75, 3.05) is 64.6 Å². The molecule has 2 aliphatic heterocycles. The van der Waals surface area contributed by atoms with E-state index in [0.29, 0.717) is 35.8 Å². The smallest absolute Gasteiger partial charge is 0.279 e. The van der Waals surface area contributed by atoms with E-state index in [0.717, 1.165) is 37.6 Å². The summed E-state index contributed by atoms with van der Waals surface area (Å²) in [7, 11) is -2.13. The summed E-state index contributed by atoms with van der Waals surface area (Å²) in [6, 6.07) is 10.1. The predicted octanol–water partition coefficient (Wildman–Crippen LogP) is 1.07. The highest BCUT2D eigenvalue weighted by molar-refractivity contribution is 7.87. The third-order valence-corrected chi connectivity index (χ3v) is 7.60. The molecule has 4 heterocycles. The Morgan fingerprint density at radius 2 is 1.86 bits per heavy atom. The van der Waals surface area contributed by atoms with E-state index in [2.05, 4.69) is 31.7 Å². The second kappa shape index (κ2) is 10.4. The molecule has 2 aromatic heterocycles. The minimum atomic E-state index is -3.53. The van der Waals surface area contributed by atoms with Crippen LogP contribution in [0, 0.1) is 0 Å².